The van der Waals surface area contributed by atoms with Gasteiger partial charge in [0.1, 0.15) is 6.04 Å². The van der Waals surface area contributed by atoms with Gasteiger partial charge in [-0.05, 0) is 11.6 Å². The second kappa shape index (κ2) is 8.25. The maximum Gasteiger partial charge on any atom is 0.320 e. The predicted octanol–water partition coefficient (Wildman–Crippen LogP) is 1.93. The summed E-state index contributed by atoms with van der Waals surface area (Å²) in [7, 11) is 0. The summed E-state index contributed by atoms with van der Waals surface area (Å²) in [5.74, 6) is -0.0390. The Morgan fingerprint density at radius 3 is 2.37 bits per heavy atom. The van der Waals surface area contributed by atoms with Crippen LogP contribution < -0.4 is 10.6 Å². The number of nitrogens with two attached hydrogens (primary N) is 1. The topological polar surface area (TPSA) is 66.6 Å². The SMILES string of the molecule is NC(Cc1ccccc1N(CCCl)CCCl)C(=O)O. The van der Waals surface area contributed by atoms with E-state index in [2.05, 4.69) is 0 Å². The Labute approximate surface area is 123 Å². The molecule has 4 nitrogen and oxygen atoms in total. The van der Waals surface area contributed by atoms with Crippen molar-refractivity contribution in [1.82, 2.24) is 0 Å². The van der Waals surface area contributed by atoms with Gasteiger partial charge in [0.25, 0.3) is 0 Å². The molecule has 0 saturated carbocycles. The average Bonchev–Trinajstić information content (AvgIpc) is 2.39. The predicted molar refractivity (Wildman–Crippen MR) is 79.4 cm³/mol. The Bertz CT molecular complexity index is 409. The van der Waals surface area contributed by atoms with Crippen LogP contribution in [0.25, 0.3) is 0 Å². The molecule has 1 aromatic carbocycles. The quantitative estimate of drug-likeness (QED) is 0.720. The van der Waals surface area contributed by atoms with Crippen LogP contribution in [0.1, 0.15) is 5.56 Å². The summed E-state index contributed by atoms with van der Waals surface area (Å²) in [4.78, 5) is 12.9. The standard InChI is InChI=1S/C13H18Cl2N2O2/c14-5-7-17(8-6-15)12-4-2-1-3-10(12)9-11(16)13(18)19/h1-4,11H,5-9,16H2,(H,18,19). The summed E-state index contributed by atoms with van der Waals surface area (Å²) in [5.41, 5.74) is 7.44. The summed E-state index contributed by atoms with van der Waals surface area (Å²) >= 11 is 11.6. The average molecular weight is 305 g/mol. The molecule has 1 rings (SSSR count). The molecule has 0 bridgehead atoms. The van der Waals surface area contributed by atoms with E-state index in [0.717, 1.165) is 11.3 Å². The second-order valence-corrected chi connectivity index (χ2v) is 4.90. The third kappa shape index (κ3) is 4.90. The fourth-order valence-corrected chi connectivity index (χ4v) is 2.28. The number of carboxylic acid groups (broad SMARTS) is 1. The number of benzene rings is 1. The largest absolute Gasteiger partial charge is 0.480 e. The third-order valence-electron chi connectivity index (χ3n) is 2.80. The van der Waals surface area contributed by atoms with Gasteiger partial charge in [-0.3, -0.25) is 4.79 Å². The Balaban J connectivity index is 2.95. The van der Waals surface area contributed by atoms with Gasteiger partial charge >= 0.3 is 5.97 Å². The zero-order valence-electron chi connectivity index (χ0n) is 10.6. The molecule has 1 aromatic rings. The molecule has 1 unspecified atom stereocenters. The van der Waals surface area contributed by atoms with Crippen LogP contribution in [0.5, 0.6) is 0 Å². The molecule has 0 aliphatic heterocycles. The highest BCUT2D eigenvalue weighted by Crippen LogP contribution is 2.21. The summed E-state index contributed by atoms with van der Waals surface area (Å²) in [6, 6.07) is 6.68. The van der Waals surface area contributed by atoms with Crippen LogP contribution in [-0.2, 0) is 11.2 Å². The van der Waals surface area contributed by atoms with E-state index in [-0.39, 0.29) is 6.42 Å². The van der Waals surface area contributed by atoms with E-state index in [0.29, 0.717) is 24.8 Å². The van der Waals surface area contributed by atoms with Gasteiger partial charge in [0.15, 0.2) is 0 Å². The molecular formula is C13H18Cl2N2O2. The van der Waals surface area contributed by atoms with Crippen molar-refractivity contribution >= 4 is 34.9 Å². The number of nitrogens with zero attached hydrogens (tertiary/aromatic N) is 1. The molecular weight excluding hydrogens is 287 g/mol. The zero-order chi connectivity index (χ0) is 14.3. The van der Waals surface area contributed by atoms with E-state index >= 15 is 0 Å². The number of hydrogen-bond donors (Lipinski definition) is 2. The molecule has 19 heavy (non-hydrogen) atoms. The Morgan fingerprint density at radius 2 is 1.84 bits per heavy atom. The number of aliphatic carboxylic acids is 1. The number of anilines is 1. The molecule has 0 fully saturated rings. The lowest BCUT2D eigenvalue weighted by atomic mass is 10.0. The minimum atomic E-state index is -1.00. The third-order valence-corrected chi connectivity index (χ3v) is 3.14. The number of carboxylic acids is 1. The van der Waals surface area contributed by atoms with Crippen molar-refractivity contribution in [2.24, 2.45) is 5.73 Å². The first-order chi connectivity index (χ1) is 9.10. The van der Waals surface area contributed by atoms with Crippen molar-refractivity contribution < 1.29 is 9.90 Å². The Kier molecular flexibility index (Phi) is 6.99. The summed E-state index contributed by atoms with van der Waals surface area (Å²) in [6.45, 7) is 1.32. The number of para-hydroxylation sites is 1. The van der Waals surface area contributed by atoms with Crippen LogP contribution in [0.2, 0.25) is 0 Å². The van der Waals surface area contributed by atoms with E-state index in [1.165, 1.54) is 0 Å². The van der Waals surface area contributed by atoms with Crippen molar-refractivity contribution in [2.75, 3.05) is 29.7 Å². The normalized spacial score (nSPS) is 12.2. The van der Waals surface area contributed by atoms with Gasteiger partial charge in [-0.1, -0.05) is 18.2 Å². The highest BCUT2D eigenvalue weighted by molar-refractivity contribution is 6.18. The van der Waals surface area contributed by atoms with Gasteiger partial charge in [-0.15, -0.1) is 23.2 Å². The lowest BCUT2D eigenvalue weighted by Crippen LogP contribution is -2.34. The second-order valence-electron chi connectivity index (χ2n) is 4.14. The molecule has 6 heteroatoms. The van der Waals surface area contributed by atoms with E-state index in [9.17, 15) is 4.79 Å². The van der Waals surface area contributed by atoms with Crippen molar-refractivity contribution in [1.29, 1.82) is 0 Å². The van der Waals surface area contributed by atoms with E-state index in [4.69, 9.17) is 34.0 Å². The molecule has 106 valence electrons. The number of carbonyl (C=O) groups is 1. The van der Waals surface area contributed by atoms with Gasteiger partial charge in [-0.25, -0.2) is 0 Å². The van der Waals surface area contributed by atoms with Crippen molar-refractivity contribution in [3.63, 3.8) is 0 Å². The summed E-state index contributed by atoms with van der Waals surface area (Å²) in [5, 5.41) is 8.90. The van der Waals surface area contributed by atoms with E-state index in [1.54, 1.807) is 0 Å². The van der Waals surface area contributed by atoms with Gasteiger partial charge in [-0.2, -0.15) is 0 Å². The number of alkyl halides is 2. The first-order valence-corrected chi connectivity index (χ1v) is 7.10. The van der Waals surface area contributed by atoms with Crippen LogP contribution in [0.15, 0.2) is 24.3 Å². The first-order valence-electron chi connectivity index (χ1n) is 6.03. The van der Waals surface area contributed by atoms with Crippen LogP contribution in [0.4, 0.5) is 5.69 Å². The summed E-state index contributed by atoms with van der Waals surface area (Å²) in [6.07, 6.45) is 0.284. The molecule has 0 spiro atoms. The Hall–Kier alpha value is -0.970. The molecule has 0 aromatic heterocycles. The zero-order valence-corrected chi connectivity index (χ0v) is 12.1. The van der Waals surface area contributed by atoms with Crippen LogP contribution >= 0.6 is 23.2 Å². The Morgan fingerprint density at radius 1 is 1.26 bits per heavy atom. The van der Waals surface area contributed by atoms with Crippen LogP contribution in [0, 0.1) is 0 Å². The minimum absolute atomic E-state index is 0.284. The van der Waals surface area contributed by atoms with Crippen molar-refractivity contribution in [3.05, 3.63) is 29.8 Å². The highest BCUT2D eigenvalue weighted by atomic mass is 35.5. The van der Waals surface area contributed by atoms with E-state index < -0.39 is 12.0 Å². The first kappa shape index (κ1) is 16.1. The van der Waals surface area contributed by atoms with Crippen molar-refractivity contribution in [2.45, 2.75) is 12.5 Å². The smallest absolute Gasteiger partial charge is 0.320 e. The number of hydrogen-bond acceptors (Lipinski definition) is 3. The number of halogens is 2. The van der Waals surface area contributed by atoms with Crippen LogP contribution in [-0.4, -0.2) is 42.0 Å². The van der Waals surface area contributed by atoms with Gasteiger partial charge in [0.05, 0.1) is 0 Å². The molecule has 0 radical (unpaired) electrons. The lowest BCUT2D eigenvalue weighted by molar-refractivity contribution is -0.138. The summed E-state index contributed by atoms with van der Waals surface area (Å²) < 4.78 is 0. The van der Waals surface area contributed by atoms with Crippen LogP contribution in [0.3, 0.4) is 0 Å². The van der Waals surface area contributed by atoms with Gasteiger partial charge < -0.3 is 15.7 Å². The van der Waals surface area contributed by atoms with Gasteiger partial charge in [0.2, 0.25) is 0 Å². The molecule has 0 amide bonds. The fraction of sp³-hybridized carbons (Fsp3) is 0.462. The monoisotopic (exact) mass is 304 g/mol. The fourth-order valence-electron chi connectivity index (χ4n) is 1.87. The highest BCUT2D eigenvalue weighted by Gasteiger charge is 2.16. The van der Waals surface area contributed by atoms with E-state index in [1.807, 2.05) is 29.2 Å². The molecule has 1 atom stereocenters. The molecule has 0 aliphatic carbocycles. The number of rotatable bonds is 8. The molecule has 0 saturated heterocycles. The maximum atomic E-state index is 10.9. The van der Waals surface area contributed by atoms with Crippen molar-refractivity contribution in [3.8, 4) is 0 Å². The minimum Gasteiger partial charge on any atom is -0.480 e. The maximum absolute atomic E-state index is 10.9. The molecule has 0 heterocycles. The lowest BCUT2D eigenvalue weighted by Gasteiger charge is -2.26. The molecule has 0 aliphatic rings. The van der Waals surface area contributed by atoms with Gasteiger partial charge in [0, 0.05) is 37.0 Å². The molecule has 3 N–H and O–H groups in total.